The number of carbonyl (C=O) groups is 1. The number of ether oxygens (including phenoxy) is 2. The fourth-order valence-corrected chi connectivity index (χ4v) is 5.06. The first-order valence-corrected chi connectivity index (χ1v) is 11.6. The number of fused-ring (bicyclic) bond motifs is 1. The first kappa shape index (κ1) is 21.7. The van der Waals surface area contributed by atoms with E-state index in [4.69, 9.17) is 13.9 Å². The topological polar surface area (TPSA) is 86.8 Å². The summed E-state index contributed by atoms with van der Waals surface area (Å²) < 4.78 is 18.8. The average molecular weight is 452 g/mol. The summed E-state index contributed by atoms with van der Waals surface area (Å²) in [6.07, 6.45) is 8.15. The van der Waals surface area contributed by atoms with Gasteiger partial charge < -0.3 is 18.8 Å². The summed E-state index contributed by atoms with van der Waals surface area (Å²) in [5.41, 5.74) is 0.995. The van der Waals surface area contributed by atoms with Crippen molar-refractivity contribution >= 4 is 17.0 Å². The first-order chi connectivity index (χ1) is 16.1. The van der Waals surface area contributed by atoms with Crippen LogP contribution in [-0.2, 0) is 16.1 Å². The number of aromatic nitrogens is 2. The number of likely N-dealkylation sites (tertiary alicyclic amines) is 1. The van der Waals surface area contributed by atoms with Crippen LogP contribution in [0, 0.1) is 5.92 Å². The molecule has 1 atom stereocenters. The van der Waals surface area contributed by atoms with Gasteiger partial charge in [0.15, 0.2) is 5.58 Å². The zero-order valence-corrected chi connectivity index (χ0v) is 18.7. The molecule has 0 aliphatic carbocycles. The Morgan fingerprint density at radius 1 is 1.15 bits per heavy atom. The van der Waals surface area contributed by atoms with Crippen molar-refractivity contribution in [1.82, 2.24) is 14.5 Å². The standard InChI is InChI=1S/C25H29N3O5/c29-23(18-28-21-3-1-2-4-22(21)33-24(28)30)27-13-9-25(10-14-27)17-19(8-16-32-25)7-15-31-20-5-11-26-12-6-20/h1-6,11-12,19H,7-10,13-18H2. The van der Waals surface area contributed by atoms with Crippen LogP contribution in [0.5, 0.6) is 5.75 Å². The maximum absolute atomic E-state index is 12.9. The largest absolute Gasteiger partial charge is 0.493 e. The van der Waals surface area contributed by atoms with E-state index in [-0.39, 0.29) is 18.1 Å². The Hall–Kier alpha value is -3.13. The van der Waals surface area contributed by atoms with Crippen LogP contribution in [0.15, 0.2) is 58.0 Å². The van der Waals surface area contributed by atoms with Gasteiger partial charge >= 0.3 is 5.76 Å². The molecule has 0 N–H and O–H groups in total. The predicted octanol–water partition coefficient (Wildman–Crippen LogP) is 3.25. The van der Waals surface area contributed by atoms with Crippen molar-refractivity contribution in [3.63, 3.8) is 0 Å². The van der Waals surface area contributed by atoms with Crippen LogP contribution >= 0.6 is 0 Å². The van der Waals surface area contributed by atoms with Gasteiger partial charge in [-0.1, -0.05) is 12.1 Å². The summed E-state index contributed by atoms with van der Waals surface area (Å²) in [7, 11) is 0. The van der Waals surface area contributed by atoms with Crippen molar-refractivity contribution in [3.8, 4) is 5.75 Å². The van der Waals surface area contributed by atoms with E-state index in [1.165, 1.54) is 4.57 Å². The van der Waals surface area contributed by atoms with E-state index < -0.39 is 5.76 Å². The van der Waals surface area contributed by atoms with Gasteiger partial charge in [0.1, 0.15) is 12.3 Å². The molecule has 1 spiro atoms. The van der Waals surface area contributed by atoms with Gasteiger partial charge in [0, 0.05) is 32.1 Å². The summed E-state index contributed by atoms with van der Waals surface area (Å²) in [6.45, 7) is 2.72. The van der Waals surface area contributed by atoms with Gasteiger partial charge in [-0.25, -0.2) is 4.79 Å². The second kappa shape index (κ2) is 9.39. The summed E-state index contributed by atoms with van der Waals surface area (Å²) in [6, 6.07) is 10.9. The second-order valence-corrected chi connectivity index (χ2v) is 9.01. The maximum Gasteiger partial charge on any atom is 0.420 e. The lowest BCUT2D eigenvalue weighted by molar-refractivity contribution is -0.148. The number of benzene rings is 1. The molecule has 4 heterocycles. The molecule has 3 aromatic rings. The molecule has 2 saturated heterocycles. The van der Waals surface area contributed by atoms with Gasteiger partial charge in [-0.2, -0.15) is 0 Å². The molecule has 0 bridgehead atoms. The van der Waals surface area contributed by atoms with E-state index in [9.17, 15) is 9.59 Å². The number of rotatable bonds is 6. The molecule has 174 valence electrons. The number of carbonyl (C=O) groups excluding carboxylic acids is 1. The molecule has 2 aliphatic heterocycles. The van der Waals surface area contributed by atoms with E-state index in [0.29, 0.717) is 36.7 Å². The Kier molecular flexibility index (Phi) is 6.17. The molecule has 33 heavy (non-hydrogen) atoms. The highest BCUT2D eigenvalue weighted by Gasteiger charge is 2.41. The highest BCUT2D eigenvalue weighted by Crippen LogP contribution is 2.39. The average Bonchev–Trinajstić information content (AvgIpc) is 3.15. The molecule has 8 nitrogen and oxygen atoms in total. The lowest BCUT2D eigenvalue weighted by Gasteiger charge is -2.46. The number of hydrogen-bond donors (Lipinski definition) is 0. The smallest absolute Gasteiger partial charge is 0.420 e. The Bertz CT molecular complexity index is 1150. The van der Waals surface area contributed by atoms with Crippen LogP contribution in [0.3, 0.4) is 0 Å². The van der Waals surface area contributed by atoms with E-state index in [1.807, 2.05) is 29.2 Å². The number of hydrogen-bond acceptors (Lipinski definition) is 6. The van der Waals surface area contributed by atoms with E-state index in [2.05, 4.69) is 4.98 Å². The predicted molar refractivity (Wildman–Crippen MR) is 122 cm³/mol. The van der Waals surface area contributed by atoms with E-state index >= 15 is 0 Å². The van der Waals surface area contributed by atoms with Gasteiger partial charge in [0.05, 0.1) is 17.7 Å². The van der Waals surface area contributed by atoms with Crippen LogP contribution in [0.1, 0.15) is 32.1 Å². The summed E-state index contributed by atoms with van der Waals surface area (Å²) in [5.74, 6) is 0.851. The zero-order chi connectivity index (χ0) is 22.7. The molecule has 0 radical (unpaired) electrons. The number of oxazole rings is 1. The molecule has 8 heteroatoms. The van der Waals surface area contributed by atoms with Crippen LogP contribution in [-0.4, -0.2) is 52.3 Å². The fourth-order valence-electron chi connectivity index (χ4n) is 5.06. The van der Waals surface area contributed by atoms with Crippen molar-refractivity contribution in [2.75, 3.05) is 26.3 Å². The molecular formula is C25H29N3O5. The van der Waals surface area contributed by atoms with Gasteiger partial charge in [0.25, 0.3) is 0 Å². The van der Waals surface area contributed by atoms with E-state index in [0.717, 1.165) is 44.5 Å². The third-order valence-corrected chi connectivity index (χ3v) is 6.93. The van der Waals surface area contributed by atoms with Crippen molar-refractivity contribution < 1.29 is 18.7 Å². The molecule has 1 amide bonds. The number of amides is 1. The van der Waals surface area contributed by atoms with Gasteiger partial charge in [0.2, 0.25) is 5.91 Å². The normalized spacial score (nSPS) is 20.2. The molecule has 2 fully saturated rings. The van der Waals surface area contributed by atoms with Crippen LogP contribution < -0.4 is 10.5 Å². The number of para-hydroxylation sites is 2. The van der Waals surface area contributed by atoms with Crippen molar-refractivity contribution in [1.29, 1.82) is 0 Å². The first-order valence-electron chi connectivity index (χ1n) is 11.6. The lowest BCUT2D eigenvalue weighted by Crippen LogP contribution is -2.51. The van der Waals surface area contributed by atoms with Gasteiger partial charge in [-0.3, -0.25) is 14.3 Å². The molecule has 2 aromatic heterocycles. The van der Waals surface area contributed by atoms with E-state index in [1.54, 1.807) is 24.5 Å². The van der Waals surface area contributed by atoms with Crippen LogP contribution in [0.2, 0.25) is 0 Å². The van der Waals surface area contributed by atoms with Gasteiger partial charge in [-0.05, 0) is 62.3 Å². The molecule has 0 saturated carbocycles. The minimum atomic E-state index is -0.495. The maximum atomic E-state index is 12.9. The zero-order valence-electron chi connectivity index (χ0n) is 18.7. The Morgan fingerprint density at radius 2 is 1.94 bits per heavy atom. The van der Waals surface area contributed by atoms with Gasteiger partial charge in [-0.15, -0.1) is 0 Å². The minimum Gasteiger partial charge on any atom is -0.493 e. The second-order valence-electron chi connectivity index (χ2n) is 9.01. The molecule has 1 unspecified atom stereocenters. The SMILES string of the molecule is O=C(Cn1c(=O)oc2ccccc21)N1CCC2(CC1)CC(CCOc1ccncc1)CCO2. The third-order valence-electron chi connectivity index (χ3n) is 6.93. The molecule has 5 rings (SSSR count). The Morgan fingerprint density at radius 3 is 2.76 bits per heavy atom. The number of nitrogens with zero attached hydrogens (tertiary/aromatic N) is 3. The molecule has 1 aromatic carbocycles. The quantitative estimate of drug-likeness (QED) is 0.572. The van der Waals surface area contributed by atoms with Crippen LogP contribution in [0.4, 0.5) is 0 Å². The van der Waals surface area contributed by atoms with Crippen molar-refractivity contribution in [2.24, 2.45) is 5.92 Å². The minimum absolute atomic E-state index is 0.00132. The summed E-state index contributed by atoms with van der Waals surface area (Å²) >= 11 is 0. The highest BCUT2D eigenvalue weighted by molar-refractivity contribution is 5.79. The number of piperidine rings is 1. The Labute approximate surface area is 192 Å². The highest BCUT2D eigenvalue weighted by atomic mass is 16.5. The monoisotopic (exact) mass is 451 g/mol. The summed E-state index contributed by atoms with van der Waals surface area (Å²) in [5, 5.41) is 0. The molecular weight excluding hydrogens is 422 g/mol. The lowest BCUT2D eigenvalue weighted by atomic mass is 9.78. The fraction of sp³-hybridized carbons (Fsp3) is 0.480. The molecule has 2 aliphatic rings. The van der Waals surface area contributed by atoms with Crippen molar-refractivity contribution in [2.45, 2.75) is 44.2 Å². The summed E-state index contributed by atoms with van der Waals surface area (Å²) in [4.78, 5) is 31.0. The van der Waals surface area contributed by atoms with Crippen LogP contribution in [0.25, 0.3) is 11.1 Å². The van der Waals surface area contributed by atoms with Crippen molar-refractivity contribution in [3.05, 3.63) is 59.3 Å². The third kappa shape index (κ3) is 4.80. The number of pyridine rings is 1. The Balaban J connectivity index is 1.14.